The zero-order valence-electron chi connectivity index (χ0n) is 8.44. The number of hydrogen-bond acceptors (Lipinski definition) is 2. The number of halogens is 1. The second-order valence-corrected chi connectivity index (χ2v) is 3.23. The number of carbonyl (C=O) groups is 2. The molecule has 0 aliphatic rings. The molecular weight excluding hydrogens is 214 g/mol. The van der Waals surface area contributed by atoms with Gasteiger partial charge in [-0.25, -0.2) is 0 Å². The number of alkyl halides is 1. The third kappa shape index (κ3) is 2.57. The van der Waals surface area contributed by atoms with Crippen LogP contribution in [0.4, 0.5) is 5.69 Å². The molecule has 0 saturated heterocycles. The summed E-state index contributed by atoms with van der Waals surface area (Å²) < 4.78 is 0. The van der Waals surface area contributed by atoms with Gasteiger partial charge in [0, 0.05) is 12.1 Å². The summed E-state index contributed by atoms with van der Waals surface area (Å²) in [6, 6.07) is 6.94. The predicted octanol–water partition coefficient (Wildman–Crippen LogP) is 2.09. The monoisotopic (exact) mass is 225 g/mol. The van der Waals surface area contributed by atoms with Gasteiger partial charge in [0.15, 0.2) is 5.78 Å². The highest BCUT2D eigenvalue weighted by Gasteiger charge is 2.13. The third-order valence-electron chi connectivity index (χ3n) is 2.10. The van der Waals surface area contributed by atoms with Crippen LogP contribution in [0, 0.1) is 0 Å². The van der Waals surface area contributed by atoms with Crippen LogP contribution in [0.5, 0.6) is 0 Å². The largest absolute Gasteiger partial charge is 0.315 e. The molecule has 1 aromatic rings. The van der Waals surface area contributed by atoms with Gasteiger partial charge in [0.05, 0.1) is 11.6 Å². The summed E-state index contributed by atoms with van der Waals surface area (Å²) in [7, 11) is 0. The number of Topliss-reactive ketones (excluding diaryl/α,β-unsaturated/α-hetero) is 1. The van der Waals surface area contributed by atoms with Gasteiger partial charge in [0.1, 0.15) is 0 Å². The maximum atomic E-state index is 11.5. The second kappa shape index (κ2) is 5.51. The van der Waals surface area contributed by atoms with Crippen LogP contribution in [-0.2, 0) is 4.79 Å². The minimum atomic E-state index is -0.174. The molecule has 4 heteroatoms. The lowest BCUT2D eigenvalue weighted by molar-refractivity contribution is -0.107. The van der Waals surface area contributed by atoms with Crippen LogP contribution < -0.4 is 4.90 Å². The summed E-state index contributed by atoms with van der Waals surface area (Å²) in [5.41, 5.74) is 1.10. The Balaban J connectivity index is 3.16. The number of benzene rings is 1. The molecule has 0 aromatic heterocycles. The van der Waals surface area contributed by atoms with Crippen molar-refractivity contribution in [3.05, 3.63) is 29.8 Å². The van der Waals surface area contributed by atoms with E-state index in [4.69, 9.17) is 11.6 Å². The zero-order valence-corrected chi connectivity index (χ0v) is 9.20. The highest BCUT2D eigenvalue weighted by Crippen LogP contribution is 2.19. The summed E-state index contributed by atoms with van der Waals surface area (Å²) in [6.45, 7) is 2.37. The molecule has 0 heterocycles. The zero-order chi connectivity index (χ0) is 11.3. The van der Waals surface area contributed by atoms with Crippen molar-refractivity contribution in [2.45, 2.75) is 6.92 Å². The quantitative estimate of drug-likeness (QED) is 0.437. The Morgan fingerprint density at radius 1 is 1.47 bits per heavy atom. The molecular formula is C11H12ClNO2. The van der Waals surface area contributed by atoms with E-state index in [0.29, 0.717) is 24.2 Å². The summed E-state index contributed by atoms with van der Waals surface area (Å²) in [6.07, 6.45) is 0.709. The first kappa shape index (κ1) is 11.7. The van der Waals surface area contributed by atoms with E-state index in [0.717, 1.165) is 0 Å². The maximum Gasteiger partial charge on any atom is 0.214 e. The molecule has 0 spiro atoms. The molecule has 1 amide bonds. The smallest absolute Gasteiger partial charge is 0.214 e. The second-order valence-electron chi connectivity index (χ2n) is 2.97. The summed E-state index contributed by atoms with van der Waals surface area (Å²) in [5.74, 6) is -0.250. The standard InChI is InChI=1S/C11H12ClNO2/c1-2-13(8-14)10-6-4-3-5-9(10)11(15)7-12/h3-6,8H,2,7H2,1H3. The first-order valence-corrected chi connectivity index (χ1v) is 5.18. The van der Waals surface area contributed by atoms with Crippen molar-refractivity contribution in [2.24, 2.45) is 0 Å². The molecule has 80 valence electrons. The van der Waals surface area contributed by atoms with E-state index in [1.165, 1.54) is 4.90 Å². The SMILES string of the molecule is CCN(C=O)c1ccccc1C(=O)CCl. The van der Waals surface area contributed by atoms with Crippen LogP contribution in [0.2, 0.25) is 0 Å². The lowest BCUT2D eigenvalue weighted by Crippen LogP contribution is -2.22. The lowest BCUT2D eigenvalue weighted by Gasteiger charge is -2.17. The Morgan fingerprint density at radius 2 is 2.13 bits per heavy atom. The minimum absolute atomic E-state index is 0.0760. The summed E-state index contributed by atoms with van der Waals surface area (Å²) in [5, 5.41) is 0. The van der Waals surface area contributed by atoms with Gasteiger partial charge < -0.3 is 4.90 Å². The van der Waals surface area contributed by atoms with Crippen molar-refractivity contribution in [3.63, 3.8) is 0 Å². The van der Waals surface area contributed by atoms with Crippen LogP contribution in [0.25, 0.3) is 0 Å². The number of ketones is 1. The molecule has 0 bridgehead atoms. The Bertz CT molecular complexity index is 365. The van der Waals surface area contributed by atoms with Gasteiger partial charge >= 0.3 is 0 Å². The molecule has 0 atom stereocenters. The molecule has 1 rings (SSSR count). The molecule has 0 fully saturated rings. The normalized spacial score (nSPS) is 9.73. The van der Waals surface area contributed by atoms with Gasteiger partial charge in [0.2, 0.25) is 6.41 Å². The topological polar surface area (TPSA) is 37.4 Å². The first-order chi connectivity index (χ1) is 7.24. The number of anilines is 1. The van der Waals surface area contributed by atoms with Crippen LogP contribution in [0.3, 0.4) is 0 Å². The van der Waals surface area contributed by atoms with Crippen molar-refractivity contribution in [1.29, 1.82) is 0 Å². The van der Waals surface area contributed by atoms with E-state index < -0.39 is 0 Å². The molecule has 15 heavy (non-hydrogen) atoms. The predicted molar refractivity (Wildman–Crippen MR) is 60.6 cm³/mol. The molecule has 1 aromatic carbocycles. The highest BCUT2D eigenvalue weighted by molar-refractivity contribution is 6.31. The van der Waals surface area contributed by atoms with Crippen LogP contribution >= 0.6 is 11.6 Å². The minimum Gasteiger partial charge on any atom is -0.315 e. The molecule has 0 saturated carbocycles. The van der Waals surface area contributed by atoms with Crippen LogP contribution in [-0.4, -0.2) is 24.6 Å². The van der Waals surface area contributed by atoms with E-state index in [1.54, 1.807) is 24.3 Å². The van der Waals surface area contributed by atoms with Gasteiger partial charge in [-0.2, -0.15) is 0 Å². The Morgan fingerprint density at radius 3 is 2.67 bits per heavy atom. The molecule has 0 N–H and O–H groups in total. The molecule has 0 radical (unpaired) electrons. The number of nitrogens with zero attached hydrogens (tertiary/aromatic N) is 1. The molecule has 0 unspecified atom stereocenters. The van der Waals surface area contributed by atoms with Crippen molar-refractivity contribution < 1.29 is 9.59 Å². The summed E-state index contributed by atoms with van der Waals surface area (Å²) >= 11 is 5.49. The van der Waals surface area contributed by atoms with Gasteiger partial charge in [-0.3, -0.25) is 9.59 Å². The fourth-order valence-corrected chi connectivity index (χ4v) is 1.48. The number of rotatable bonds is 5. The Labute approximate surface area is 93.6 Å². The summed E-state index contributed by atoms with van der Waals surface area (Å²) in [4.78, 5) is 23.7. The lowest BCUT2D eigenvalue weighted by atomic mass is 10.1. The fraction of sp³-hybridized carbons (Fsp3) is 0.273. The van der Waals surface area contributed by atoms with Gasteiger partial charge in [-0.1, -0.05) is 12.1 Å². The molecule has 3 nitrogen and oxygen atoms in total. The van der Waals surface area contributed by atoms with Crippen molar-refractivity contribution in [2.75, 3.05) is 17.3 Å². The Kier molecular flexibility index (Phi) is 4.31. The fourth-order valence-electron chi connectivity index (χ4n) is 1.33. The van der Waals surface area contributed by atoms with Crippen LogP contribution in [0.1, 0.15) is 17.3 Å². The maximum absolute atomic E-state index is 11.5. The van der Waals surface area contributed by atoms with Gasteiger partial charge in [-0.15, -0.1) is 11.6 Å². The van der Waals surface area contributed by atoms with E-state index in [9.17, 15) is 9.59 Å². The van der Waals surface area contributed by atoms with Crippen molar-refractivity contribution in [3.8, 4) is 0 Å². The van der Waals surface area contributed by atoms with E-state index in [2.05, 4.69) is 0 Å². The Hall–Kier alpha value is -1.35. The van der Waals surface area contributed by atoms with Gasteiger partial charge in [0.25, 0.3) is 0 Å². The number of hydrogen-bond donors (Lipinski definition) is 0. The molecule has 0 aliphatic carbocycles. The van der Waals surface area contributed by atoms with Gasteiger partial charge in [-0.05, 0) is 19.1 Å². The third-order valence-corrected chi connectivity index (χ3v) is 2.35. The van der Waals surface area contributed by atoms with E-state index in [-0.39, 0.29) is 11.7 Å². The number of carbonyl (C=O) groups excluding carboxylic acids is 2. The average molecular weight is 226 g/mol. The van der Waals surface area contributed by atoms with E-state index >= 15 is 0 Å². The van der Waals surface area contributed by atoms with E-state index in [1.807, 2.05) is 6.92 Å². The number of para-hydroxylation sites is 1. The molecule has 0 aliphatic heterocycles. The highest BCUT2D eigenvalue weighted by atomic mass is 35.5. The van der Waals surface area contributed by atoms with Crippen LogP contribution in [0.15, 0.2) is 24.3 Å². The average Bonchev–Trinajstić information content (AvgIpc) is 2.30. The first-order valence-electron chi connectivity index (χ1n) is 4.64. The number of amides is 1. The van der Waals surface area contributed by atoms with Crippen molar-refractivity contribution >= 4 is 29.5 Å². The van der Waals surface area contributed by atoms with Crippen molar-refractivity contribution in [1.82, 2.24) is 0 Å².